The molecule has 0 saturated heterocycles. The Balaban J connectivity index is 0.00000336. The third kappa shape index (κ3) is 6.68. The minimum atomic E-state index is -0.00524. The Labute approximate surface area is 234 Å². The molecule has 2 saturated carbocycles. The van der Waals surface area contributed by atoms with E-state index in [1.54, 1.807) is 0 Å². The first-order valence-electron chi connectivity index (χ1n) is 14.3. The fourth-order valence-electron chi connectivity index (χ4n) is 6.78. The smallest absolute Gasteiger partial charge is 0.187 e. The van der Waals surface area contributed by atoms with Crippen LogP contribution in [-0.4, -0.2) is 16.4 Å². The molecule has 4 nitrogen and oxygen atoms in total. The molecule has 2 fully saturated rings. The molecule has 0 spiro atoms. The summed E-state index contributed by atoms with van der Waals surface area (Å²) in [5.41, 5.74) is 11.6. The molecule has 1 aromatic heterocycles. The predicted octanol–water partition coefficient (Wildman–Crippen LogP) is 8.50. The van der Waals surface area contributed by atoms with Crippen LogP contribution in [0.25, 0.3) is 15.7 Å². The van der Waals surface area contributed by atoms with Crippen LogP contribution in [0.15, 0.2) is 48.7 Å². The van der Waals surface area contributed by atoms with Gasteiger partial charge in [-0.2, -0.15) is 0 Å². The number of fused-ring (bicyclic) bond motifs is 1. The number of carbonyl (C=O) groups excluding carboxylic acids is 1. The molecule has 0 amide bonds. The van der Waals surface area contributed by atoms with Crippen LogP contribution < -0.4 is 5.73 Å². The molecular weight excluding hydrogens is 490 g/mol. The van der Waals surface area contributed by atoms with E-state index < -0.39 is 0 Å². The number of ketones is 1. The van der Waals surface area contributed by atoms with Gasteiger partial charge in [-0.25, -0.2) is 4.85 Å². The zero-order valence-corrected chi connectivity index (χ0v) is 23.5. The maximum Gasteiger partial charge on any atom is 0.187 e. The zero-order valence-electron chi connectivity index (χ0n) is 22.7. The van der Waals surface area contributed by atoms with Crippen LogP contribution in [0.5, 0.6) is 0 Å². The minimum absolute atomic E-state index is 0. The summed E-state index contributed by atoms with van der Waals surface area (Å²) < 4.78 is 2.42. The van der Waals surface area contributed by atoms with Gasteiger partial charge in [-0.3, -0.25) is 4.79 Å². The summed E-state index contributed by atoms with van der Waals surface area (Å²) in [5.74, 6) is 1.51. The van der Waals surface area contributed by atoms with Crippen molar-refractivity contribution in [2.45, 2.75) is 96.1 Å². The number of hydrogen-bond donors (Lipinski definition) is 1. The predicted molar refractivity (Wildman–Crippen MR) is 159 cm³/mol. The highest BCUT2D eigenvalue weighted by Gasteiger charge is 2.27. The molecule has 0 radical (unpaired) electrons. The maximum atomic E-state index is 13.5. The van der Waals surface area contributed by atoms with E-state index in [9.17, 15) is 4.79 Å². The van der Waals surface area contributed by atoms with Gasteiger partial charge in [0.1, 0.15) is 5.78 Å². The molecule has 0 bridgehead atoms. The van der Waals surface area contributed by atoms with Gasteiger partial charge in [-0.05, 0) is 85.9 Å². The molecule has 202 valence electrons. The number of carbonyl (C=O) groups is 1. The van der Waals surface area contributed by atoms with E-state index in [-0.39, 0.29) is 18.3 Å². The van der Waals surface area contributed by atoms with E-state index >= 15 is 0 Å². The summed E-state index contributed by atoms with van der Waals surface area (Å²) in [6.45, 7) is 10.8. The largest absolute Gasteiger partial charge is 0.347 e. The third-order valence-corrected chi connectivity index (χ3v) is 8.86. The Bertz CT molecular complexity index is 1280. The lowest BCUT2D eigenvalue weighted by Crippen LogP contribution is -2.27. The number of nitrogens with zero attached hydrogens (tertiary/aromatic N) is 2. The monoisotopic (exact) mass is 531 g/mol. The Kier molecular flexibility index (Phi) is 9.69. The van der Waals surface area contributed by atoms with E-state index in [1.165, 1.54) is 54.3 Å². The fourth-order valence-corrected chi connectivity index (χ4v) is 6.78. The molecule has 1 heterocycles. The summed E-state index contributed by atoms with van der Waals surface area (Å²) in [5, 5.41) is 1.13. The molecule has 2 aromatic carbocycles. The van der Waals surface area contributed by atoms with E-state index in [2.05, 4.69) is 52.9 Å². The molecular formula is C33H42ClN3O. The van der Waals surface area contributed by atoms with Gasteiger partial charge in [0.2, 0.25) is 0 Å². The topological polar surface area (TPSA) is 52.4 Å². The van der Waals surface area contributed by atoms with E-state index in [1.807, 2.05) is 12.1 Å². The van der Waals surface area contributed by atoms with Crippen LogP contribution in [0.2, 0.25) is 0 Å². The molecule has 5 heteroatoms. The number of rotatable bonds is 8. The van der Waals surface area contributed by atoms with Gasteiger partial charge in [0.05, 0.1) is 6.57 Å². The Morgan fingerprint density at radius 3 is 2.50 bits per heavy atom. The Hall–Kier alpha value is -2.61. The average molecular weight is 532 g/mol. The first-order chi connectivity index (χ1) is 18.0. The SMILES string of the molecule is Cl.[C-]#[N+]c1ccc2c(c1)c(C(CC(=O)CC1CCC(N)CC1)c1cccc(C)c1)cn2CC1CCCCC1. The molecule has 2 N–H and O–H groups in total. The van der Waals surface area contributed by atoms with Gasteiger partial charge in [0, 0.05) is 43.1 Å². The highest BCUT2D eigenvalue weighted by atomic mass is 35.5. The minimum Gasteiger partial charge on any atom is -0.347 e. The van der Waals surface area contributed by atoms with Crippen LogP contribution in [0.1, 0.15) is 93.2 Å². The lowest BCUT2D eigenvalue weighted by molar-refractivity contribution is -0.120. The summed E-state index contributed by atoms with van der Waals surface area (Å²) in [7, 11) is 0. The molecule has 3 aromatic rings. The average Bonchev–Trinajstić information content (AvgIpc) is 3.26. The number of aromatic nitrogens is 1. The van der Waals surface area contributed by atoms with Crippen molar-refractivity contribution in [3.05, 3.63) is 76.8 Å². The first kappa shape index (κ1) is 28.4. The van der Waals surface area contributed by atoms with Crippen LogP contribution in [0, 0.1) is 25.3 Å². The van der Waals surface area contributed by atoms with E-state index in [0.717, 1.165) is 37.6 Å². The second-order valence-electron chi connectivity index (χ2n) is 11.7. The Morgan fingerprint density at radius 2 is 1.79 bits per heavy atom. The molecule has 1 unspecified atom stereocenters. The number of halogens is 1. The summed E-state index contributed by atoms with van der Waals surface area (Å²) in [6.07, 6.45) is 14.3. The highest BCUT2D eigenvalue weighted by Crippen LogP contribution is 2.39. The van der Waals surface area contributed by atoms with Crippen molar-refractivity contribution in [1.29, 1.82) is 0 Å². The van der Waals surface area contributed by atoms with Crippen LogP contribution in [-0.2, 0) is 11.3 Å². The summed E-state index contributed by atoms with van der Waals surface area (Å²) >= 11 is 0. The number of Topliss-reactive ketones (excluding diaryl/α,β-unsaturated/α-hetero) is 1. The quantitative estimate of drug-likeness (QED) is 0.296. The molecule has 2 aliphatic carbocycles. The first-order valence-corrected chi connectivity index (χ1v) is 14.3. The van der Waals surface area contributed by atoms with Gasteiger partial charge >= 0.3 is 0 Å². The van der Waals surface area contributed by atoms with Gasteiger partial charge in [0.25, 0.3) is 0 Å². The number of nitrogens with two attached hydrogens (primary N) is 1. The normalized spacial score (nSPS) is 21.0. The van der Waals surface area contributed by atoms with Gasteiger partial charge in [-0.15, -0.1) is 12.4 Å². The van der Waals surface area contributed by atoms with Crippen molar-refractivity contribution in [3.63, 3.8) is 0 Å². The third-order valence-electron chi connectivity index (χ3n) is 8.86. The molecule has 5 rings (SSSR count). The fraction of sp³-hybridized carbons (Fsp3) is 0.515. The molecule has 38 heavy (non-hydrogen) atoms. The van der Waals surface area contributed by atoms with E-state index in [0.29, 0.717) is 42.2 Å². The van der Waals surface area contributed by atoms with Gasteiger partial charge in [-0.1, -0.05) is 55.2 Å². The second-order valence-corrected chi connectivity index (χ2v) is 11.7. The lowest BCUT2D eigenvalue weighted by atomic mass is 9.80. The Morgan fingerprint density at radius 1 is 1.03 bits per heavy atom. The lowest BCUT2D eigenvalue weighted by Gasteiger charge is -2.26. The van der Waals surface area contributed by atoms with Crippen molar-refractivity contribution in [2.75, 3.05) is 0 Å². The van der Waals surface area contributed by atoms with Gasteiger partial charge in [0.15, 0.2) is 5.69 Å². The summed E-state index contributed by atoms with van der Waals surface area (Å²) in [6, 6.07) is 15.1. The number of hydrogen-bond acceptors (Lipinski definition) is 2. The van der Waals surface area contributed by atoms with Gasteiger partial charge < -0.3 is 10.3 Å². The van der Waals surface area contributed by atoms with Crippen molar-refractivity contribution in [3.8, 4) is 0 Å². The molecule has 1 atom stereocenters. The zero-order chi connectivity index (χ0) is 25.8. The number of benzene rings is 2. The molecule has 0 aliphatic heterocycles. The van der Waals surface area contributed by atoms with Crippen molar-refractivity contribution in [1.82, 2.24) is 4.57 Å². The van der Waals surface area contributed by atoms with Crippen LogP contribution in [0.4, 0.5) is 5.69 Å². The van der Waals surface area contributed by atoms with Crippen molar-refractivity contribution in [2.24, 2.45) is 17.6 Å². The van der Waals surface area contributed by atoms with Crippen LogP contribution in [0.3, 0.4) is 0 Å². The van der Waals surface area contributed by atoms with Crippen LogP contribution >= 0.6 is 12.4 Å². The van der Waals surface area contributed by atoms with Crippen molar-refractivity contribution < 1.29 is 4.79 Å². The maximum absolute atomic E-state index is 13.5. The van der Waals surface area contributed by atoms with Crippen molar-refractivity contribution >= 4 is 34.8 Å². The van der Waals surface area contributed by atoms with E-state index in [4.69, 9.17) is 12.3 Å². The standard InChI is InChI=1S/C33H41N3O.ClH/c1-23-7-6-10-26(17-23)30(20-29(37)18-24-11-13-27(34)14-12-24)32-22-36(21-25-8-4-3-5-9-25)33-16-15-28(35-2)19-31(32)33;/h6-7,10,15-17,19,22,24-25,27,30H,3-5,8-9,11-14,18,20-21,34H2,1H3;1H. The second kappa shape index (κ2) is 13.0. The molecule has 2 aliphatic rings. The summed E-state index contributed by atoms with van der Waals surface area (Å²) in [4.78, 5) is 17.3. The highest BCUT2D eigenvalue weighted by molar-refractivity contribution is 5.89. The number of aryl methyl sites for hydroxylation is 1.